The highest BCUT2D eigenvalue weighted by Crippen LogP contribution is 2.13. The molecule has 6 heteroatoms. The third-order valence-corrected chi connectivity index (χ3v) is 2.96. The SMILES string of the molecule is Ic1ccc(OCCOC2CCCCO2)nn1. The normalized spacial score (nSPS) is 20.2. The Hall–Kier alpha value is -0.470. The van der Waals surface area contributed by atoms with Gasteiger partial charge >= 0.3 is 0 Å². The fraction of sp³-hybridized carbons (Fsp3) is 0.636. The predicted octanol–water partition coefficient (Wildman–Crippen LogP) is 2.00. The standard InChI is InChI=1S/C11H15IN2O3/c12-9-4-5-10(14-13-9)15-7-8-17-11-3-1-2-6-16-11/h4-5,11H,1-3,6-8H2. The van der Waals surface area contributed by atoms with Crippen molar-refractivity contribution >= 4 is 22.6 Å². The minimum atomic E-state index is -0.0600. The zero-order valence-electron chi connectivity index (χ0n) is 9.47. The van der Waals surface area contributed by atoms with Crippen molar-refractivity contribution in [3.05, 3.63) is 15.8 Å². The number of rotatable bonds is 5. The number of ether oxygens (including phenoxy) is 3. The molecule has 1 aromatic rings. The molecule has 1 aromatic heterocycles. The molecule has 0 bridgehead atoms. The molecular weight excluding hydrogens is 335 g/mol. The van der Waals surface area contributed by atoms with Crippen molar-refractivity contribution in [2.45, 2.75) is 25.6 Å². The van der Waals surface area contributed by atoms with Gasteiger partial charge in [0, 0.05) is 12.7 Å². The quantitative estimate of drug-likeness (QED) is 0.601. The second kappa shape index (κ2) is 7.07. The van der Waals surface area contributed by atoms with E-state index in [0.717, 1.165) is 23.1 Å². The van der Waals surface area contributed by atoms with Crippen molar-refractivity contribution in [2.75, 3.05) is 19.8 Å². The van der Waals surface area contributed by atoms with Gasteiger partial charge in [-0.25, -0.2) is 0 Å². The van der Waals surface area contributed by atoms with Crippen LogP contribution in [0.15, 0.2) is 12.1 Å². The molecule has 0 amide bonds. The molecule has 0 aromatic carbocycles. The Morgan fingerprint density at radius 1 is 1.29 bits per heavy atom. The summed E-state index contributed by atoms with van der Waals surface area (Å²) in [6, 6.07) is 3.65. The van der Waals surface area contributed by atoms with Gasteiger partial charge in [0.2, 0.25) is 5.88 Å². The van der Waals surface area contributed by atoms with Crippen molar-refractivity contribution in [2.24, 2.45) is 0 Å². The Morgan fingerprint density at radius 3 is 2.94 bits per heavy atom. The van der Waals surface area contributed by atoms with E-state index in [4.69, 9.17) is 14.2 Å². The third kappa shape index (κ3) is 4.72. The summed E-state index contributed by atoms with van der Waals surface area (Å²) < 4.78 is 17.2. The van der Waals surface area contributed by atoms with E-state index in [1.807, 2.05) is 6.07 Å². The Morgan fingerprint density at radius 2 is 2.24 bits per heavy atom. The number of nitrogens with zero attached hydrogens (tertiary/aromatic N) is 2. The maximum absolute atomic E-state index is 5.53. The van der Waals surface area contributed by atoms with Crippen LogP contribution < -0.4 is 4.74 Å². The largest absolute Gasteiger partial charge is 0.474 e. The van der Waals surface area contributed by atoms with E-state index in [9.17, 15) is 0 Å². The molecule has 1 aliphatic heterocycles. The summed E-state index contributed by atoms with van der Waals surface area (Å²) in [7, 11) is 0. The van der Waals surface area contributed by atoms with Crippen molar-refractivity contribution in [3.63, 3.8) is 0 Å². The molecule has 0 spiro atoms. The molecule has 94 valence electrons. The summed E-state index contributed by atoms with van der Waals surface area (Å²) in [6.45, 7) is 1.78. The van der Waals surface area contributed by atoms with Gasteiger partial charge < -0.3 is 14.2 Å². The van der Waals surface area contributed by atoms with Gasteiger partial charge in [0.1, 0.15) is 10.3 Å². The summed E-state index contributed by atoms with van der Waals surface area (Å²) in [5, 5.41) is 7.79. The molecule has 1 aliphatic rings. The summed E-state index contributed by atoms with van der Waals surface area (Å²) in [5.74, 6) is 0.526. The van der Waals surface area contributed by atoms with E-state index < -0.39 is 0 Å². The van der Waals surface area contributed by atoms with Crippen LogP contribution in [0.25, 0.3) is 0 Å². The fourth-order valence-corrected chi connectivity index (χ4v) is 1.84. The molecule has 1 fully saturated rings. The zero-order chi connectivity index (χ0) is 11.9. The minimum Gasteiger partial charge on any atom is -0.474 e. The van der Waals surface area contributed by atoms with E-state index in [0.29, 0.717) is 19.1 Å². The van der Waals surface area contributed by atoms with Crippen LogP contribution in [0.2, 0.25) is 0 Å². The van der Waals surface area contributed by atoms with Crippen molar-refractivity contribution in [3.8, 4) is 5.88 Å². The first kappa shape index (κ1) is 13.0. The molecule has 17 heavy (non-hydrogen) atoms. The topological polar surface area (TPSA) is 53.5 Å². The van der Waals surface area contributed by atoms with E-state index in [1.54, 1.807) is 6.07 Å². The van der Waals surface area contributed by atoms with Crippen LogP contribution in [0.3, 0.4) is 0 Å². The van der Waals surface area contributed by atoms with Crippen LogP contribution in [0.5, 0.6) is 5.88 Å². The summed E-state index contributed by atoms with van der Waals surface area (Å²) in [6.07, 6.45) is 3.22. The summed E-state index contributed by atoms with van der Waals surface area (Å²) >= 11 is 2.10. The average molecular weight is 350 g/mol. The number of hydrogen-bond acceptors (Lipinski definition) is 5. The first-order valence-electron chi connectivity index (χ1n) is 5.70. The van der Waals surface area contributed by atoms with Crippen molar-refractivity contribution < 1.29 is 14.2 Å². The lowest BCUT2D eigenvalue weighted by Gasteiger charge is -2.22. The Balaban J connectivity index is 1.60. The molecule has 2 heterocycles. The number of hydrogen-bond donors (Lipinski definition) is 0. The summed E-state index contributed by atoms with van der Waals surface area (Å²) in [5.41, 5.74) is 0. The van der Waals surface area contributed by atoms with Crippen molar-refractivity contribution in [1.82, 2.24) is 10.2 Å². The van der Waals surface area contributed by atoms with Gasteiger partial charge in [-0.15, -0.1) is 10.2 Å². The van der Waals surface area contributed by atoms with E-state index in [2.05, 4.69) is 32.8 Å². The van der Waals surface area contributed by atoms with Crippen LogP contribution in [0, 0.1) is 3.70 Å². The first-order chi connectivity index (χ1) is 8.34. The number of halogens is 1. The predicted molar refractivity (Wildman–Crippen MR) is 69.8 cm³/mol. The van der Waals surface area contributed by atoms with Gasteiger partial charge in [-0.1, -0.05) is 0 Å². The smallest absolute Gasteiger partial charge is 0.233 e. The third-order valence-electron chi connectivity index (χ3n) is 2.38. The van der Waals surface area contributed by atoms with Crippen LogP contribution in [0.1, 0.15) is 19.3 Å². The highest BCUT2D eigenvalue weighted by atomic mass is 127. The fourth-order valence-electron chi connectivity index (χ4n) is 1.55. The minimum absolute atomic E-state index is 0.0600. The van der Waals surface area contributed by atoms with Crippen LogP contribution in [-0.2, 0) is 9.47 Å². The zero-order valence-corrected chi connectivity index (χ0v) is 11.6. The van der Waals surface area contributed by atoms with E-state index >= 15 is 0 Å². The second-order valence-electron chi connectivity index (χ2n) is 3.71. The monoisotopic (exact) mass is 350 g/mol. The van der Waals surface area contributed by atoms with E-state index in [-0.39, 0.29) is 6.29 Å². The lowest BCUT2D eigenvalue weighted by atomic mass is 10.2. The van der Waals surface area contributed by atoms with Gasteiger partial charge in [-0.05, 0) is 47.9 Å². The molecule has 1 unspecified atom stereocenters. The van der Waals surface area contributed by atoms with Crippen LogP contribution in [0.4, 0.5) is 0 Å². The number of aromatic nitrogens is 2. The lowest BCUT2D eigenvalue weighted by molar-refractivity contribution is -0.165. The molecule has 1 atom stereocenters. The second-order valence-corrected chi connectivity index (χ2v) is 4.81. The average Bonchev–Trinajstić information content (AvgIpc) is 2.38. The molecule has 5 nitrogen and oxygen atoms in total. The molecule has 0 saturated carbocycles. The van der Waals surface area contributed by atoms with Gasteiger partial charge in [-0.2, -0.15) is 0 Å². The highest BCUT2D eigenvalue weighted by Gasteiger charge is 2.13. The lowest BCUT2D eigenvalue weighted by Crippen LogP contribution is -2.24. The molecule has 0 aliphatic carbocycles. The van der Waals surface area contributed by atoms with Gasteiger partial charge in [0.15, 0.2) is 6.29 Å². The molecule has 1 saturated heterocycles. The molecular formula is C11H15IN2O3. The first-order valence-corrected chi connectivity index (χ1v) is 6.78. The van der Waals surface area contributed by atoms with Gasteiger partial charge in [0.05, 0.1) is 6.61 Å². The summed E-state index contributed by atoms with van der Waals surface area (Å²) in [4.78, 5) is 0. The Bertz CT molecular complexity index is 328. The van der Waals surface area contributed by atoms with Crippen LogP contribution >= 0.6 is 22.6 Å². The van der Waals surface area contributed by atoms with Gasteiger partial charge in [-0.3, -0.25) is 0 Å². The van der Waals surface area contributed by atoms with Crippen LogP contribution in [-0.4, -0.2) is 36.3 Å². The molecule has 2 rings (SSSR count). The van der Waals surface area contributed by atoms with E-state index in [1.165, 1.54) is 6.42 Å². The highest BCUT2D eigenvalue weighted by molar-refractivity contribution is 14.1. The maximum Gasteiger partial charge on any atom is 0.233 e. The Labute approximate surface area is 114 Å². The van der Waals surface area contributed by atoms with Gasteiger partial charge in [0.25, 0.3) is 0 Å². The Kier molecular flexibility index (Phi) is 5.40. The maximum atomic E-state index is 5.53. The molecule has 0 radical (unpaired) electrons. The van der Waals surface area contributed by atoms with Crippen molar-refractivity contribution in [1.29, 1.82) is 0 Å². The molecule has 0 N–H and O–H groups in total.